The second kappa shape index (κ2) is 5.81. The minimum atomic E-state index is 1.29. The molecular weight excluding hydrogens is 360 g/mol. The van der Waals surface area contributed by atoms with Crippen molar-refractivity contribution in [2.45, 2.75) is 0 Å². The monoisotopic (exact) mass is 378 g/mol. The second-order valence-corrected chi connectivity index (χ2v) is 8.13. The van der Waals surface area contributed by atoms with E-state index in [1.54, 1.807) is 0 Å². The van der Waals surface area contributed by atoms with Crippen LogP contribution in [-0.4, -0.2) is 0 Å². The van der Waals surface area contributed by atoms with E-state index in [9.17, 15) is 0 Å². The maximum atomic E-state index is 2.40. The van der Waals surface area contributed by atoms with Gasteiger partial charge in [-0.25, -0.2) is 0 Å². The molecule has 0 spiro atoms. The normalized spacial score (nSPS) is 14.1. The fraction of sp³-hybridized carbons (Fsp3) is 0. The van der Waals surface area contributed by atoms with E-state index in [0.717, 1.165) is 0 Å². The van der Waals surface area contributed by atoms with Crippen LogP contribution in [0.2, 0.25) is 0 Å². The van der Waals surface area contributed by atoms with Gasteiger partial charge in [0.2, 0.25) is 0 Å². The van der Waals surface area contributed by atoms with Crippen LogP contribution in [0.4, 0.5) is 0 Å². The highest BCUT2D eigenvalue weighted by Gasteiger charge is 2.25. The van der Waals surface area contributed by atoms with Crippen molar-refractivity contribution in [3.05, 3.63) is 130 Å². The molecule has 0 saturated heterocycles. The fourth-order valence-corrected chi connectivity index (χ4v) is 5.32. The Bertz CT molecular complexity index is 1770. The second-order valence-electron chi connectivity index (χ2n) is 8.13. The smallest absolute Gasteiger partial charge is 0.000763 e. The van der Waals surface area contributed by atoms with Crippen LogP contribution < -0.4 is 20.9 Å². The Kier molecular flexibility index (Phi) is 3.09. The number of fused-ring (bicyclic) bond motifs is 7. The first-order chi connectivity index (χ1) is 14.9. The van der Waals surface area contributed by atoms with Crippen molar-refractivity contribution in [1.29, 1.82) is 0 Å². The summed E-state index contributed by atoms with van der Waals surface area (Å²) in [6.07, 6.45) is 2.40. The molecule has 7 rings (SSSR count). The predicted octanol–water partition coefficient (Wildman–Crippen LogP) is 4.00. The molecule has 0 unspecified atom stereocenters. The maximum absolute atomic E-state index is 2.40. The van der Waals surface area contributed by atoms with Crippen LogP contribution in [0, 0.1) is 0 Å². The molecule has 0 radical (unpaired) electrons. The van der Waals surface area contributed by atoms with E-state index < -0.39 is 0 Å². The third kappa shape index (κ3) is 2.00. The first-order valence-corrected chi connectivity index (χ1v) is 10.5. The van der Waals surface area contributed by atoms with E-state index >= 15 is 0 Å². The van der Waals surface area contributed by atoms with Crippen molar-refractivity contribution in [2.75, 3.05) is 0 Å². The first kappa shape index (κ1) is 16.0. The van der Waals surface area contributed by atoms with Gasteiger partial charge >= 0.3 is 0 Å². The number of rotatable bonds is 1. The van der Waals surface area contributed by atoms with Gasteiger partial charge in [-0.3, -0.25) is 0 Å². The average Bonchev–Trinajstić information content (AvgIpc) is 3.34. The molecule has 0 fully saturated rings. The van der Waals surface area contributed by atoms with Gasteiger partial charge in [0.15, 0.2) is 0 Å². The Hall–Kier alpha value is -3.90. The molecule has 0 atom stereocenters. The van der Waals surface area contributed by atoms with Crippen LogP contribution in [0.3, 0.4) is 0 Å². The van der Waals surface area contributed by atoms with E-state index in [1.165, 1.54) is 64.7 Å². The lowest BCUT2D eigenvalue weighted by Gasteiger charge is -2.08. The average molecular weight is 378 g/mol. The third-order valence-corrected chi connectivity index (χ3v) is 6.56. The van der Waals surface area contributed by atoms with Crippen LogP contribution in [0.5, 0.6) is 0 Å². The van der Waals surface area contributed by atoms with Gasteiger partial charge < -0.3 is 0 Å². The van der Waals surface area contributed by atoms with Crippen molar-refractivity contribution in [3.8, 4) is 0 Å². The molecule has 0 heteroatoms. The summed E-state index contributed by atoms with van der Waals surface area (Å²) in [5.74, 6) is 0. The lowest BCUT2D eigenvalue weighted by Crippen LogP contribution is -2.27. The Morgan fingerprint density at radius 2 is 1.07 bits per heavy atom. The van der Waals surface area contributed by atoms with Crippen molar-refractivity contribution in [3.63, 3.8) is 0 Å². The van der Waals surface area contributed by atoms with E-state index in [2.05, 4.69) is 109 Å². The molecule has 0 N–H and O–H groups in total. The summed E-state index contributed by atoms with van der Waals surface area (Å²) in [6.45, 7) is 0. The summed E-state index contributed by atoms with van der Waals surface area (Å²) >= 11 is 0. The van der Waals surface area contributed by atoms with Crippen LogP contribution in [0.1, 0.15) is 5.56 Å². The summed E-state index contributed by atoms with van der Waals surface area (Å²) in [4.78, 5) is 0. The highest BCUT2D eigenvalue weighted by atomic mass is 14.3. The summed E-state index contributed by atoms with van der Waals surface area (Å²) in [7, 11) is 0. The van der Waals surface area contributed by atoms with Crippen molar-refractivity contribution >= 4 is 44.3 Å². The zero-order chi connectivity index (χ0) is 19.7. The molecule has 5 aromatic carbocycles. The molecule has 30 heavy (non-hydrogen) atoms. The van der Waals surface area contributed by atoms with E-state index in [1.807, 2.05) is 0 Å². The van der Waals surface area contributed by atoms with Gasteiger partial charge in [-0.2, -0.15) is 0 Å². The lowest BCUT2D eigenvalue weighted by atomic mass is 9.94. The molecule has 2 aliphatic carbocycles. The molecule has 0 nitrogen and oxygen atoms in total. The molecule has 0 aliphatic heterocycles. The Morgan fingerprint density at radius 3 is 1.83 bits per heavy atom. The number of hydrogen-bond donors (Lipinski definition) is 0. The lowest BCUT2D eigenvalue weighted by molar-refractivity contribution is 1.53. The summed E-state index contributed by atoms with van der Waals surface area (Å²) in [5, 5.41) is 10.7. The van der Waals surface area contributed by atoms with Crippen LogP contribution in [-0.2, 0) is 0 Å². The molecule has 0 saturated carbocycles. The standard InChI is InChI=1S/C30H18/c1-2-10-21(11-3-1)27-25-17-16-20-9-5-7-13-24(20)29(25)26-18-22-15-14-19-8-4-6-12-23(19)28(22)30(26)27/h1-18H. The minimum Gasteiger partial charge on any atom is -0.0622 e. The highest BCUT2D eigenvalue weighted by Crippen LogP contribution is 2.33. The molecular formula is C30H18. The van der Waals surface area contributed by atoms with Gasteiger partial charge in [-0.05, 0) is 70.8 Å². The third-order valence-electron chi connectivity index (χ3n) is 6.56. The van der Waals surface area contributed by atoms with Crippen molar-refractivity contribution in [1.82, 2.24) is 0 Å². The zero-order valence-corrected chi connectivity index (χ0v) is 16.4. The molecule has 5 aromatic rings. The molecule has 2 aliphatic rings. The fourth-order valence-electron chi connectivity index (χ4n) is 5.32. The Morgan fingerprint density at radius 1 is 0.433 bits per heavy atom. The molecule has 0 aromatic heterocycles. The summed E-state index contributed by atoms with van der Waals surface area (Å²) in [5.41, 5.74) is 5.40. The van der Waals surface area contributed by atoms with Gasteiger partial charge in [-0.15, -0.1) is 0 Å². The van der Waals surface area contributed by atoms with Crippen LogP contribution in [0.15, 0.2) is 103 Å². The minimum absolute atomic E-state index is 1.29. The Balaban J connectivity index is 1.81. The number of hydrogen-bond acceptors (Lipinski definition) is 0. The predicted molar refractivity (Wildman–Crippen MR) is 127 cm³/mol. The molecule has 0 bridgehead atoms. The van der Waals surface area contributed by atoms with Gasteiger partial charge in [0.1, 0.15) is 0 Å². The van der Waals surface area contributed by atoms with Crippen molar-refractivity contribution in [2.24, 2.45) is 0 Å². The Labute approximate surface area is 174 Å². The molecule has 138 valence electrons. The van der Waals surface area contributed by atoms with Gasteiger partial charge in [0.25, 0.3) is 0 Å². The number of benzene rings is 5. The zero-order valence-electron chi connectivity index (χ0n) is 16.4. The quantitative estimate of drug-likeness (QED) is 0.414. The highest BCUT2D eigenvalue weighted by molar-refractivity contribution is 6.28. The maximum Gasteiger partial charge on any atom is -0.000763 e. The van der Waals surface area contributed by atoms with Gasteiger partial charge in [0.05, 0.1) is 0 Å². The van der Waals surface area contributed by atoms with Crippen LogP contribution >= 0.6 is 0 Å². The summed E-state index contributed by atoms with van der Waals surface area (Å²) < 4.78 is 0. The van der Waals surface area contributed by atoms with Crippen LogP contribution in [0.25, 0.3) is 44.3 Å². The van der Waals surface area contributed by atoms with Gasteiger partial charge in [0, 0.05) is 0 Å². The molecule has 0 amide bonds. The topological polar surface area (TPSA) is 0 Å². The van der Waals surface area contributed by atoms with E-state index in [0.29, 0.717) is 0 Å². The van der Waals surface area contributed by atoms with E-state index in [4.69, 9.17) is 0 Å². The SMILES string of the molecule is C1=c2ccc3ccccc3c2=C2C(c3ccccc3)=c3ccc4ccccc4c3=C12. The summed E-state index contributed by atoms with van der Waals surface area (Å²) in [6, 6.07) is 37.5. The molecule has 0 heterocycles. The van der Waals surface area contributed by atoms with Gasteiger partial charge in [-0.1, -0.05) is 103 Å². The first-order valence-electron chi connectivity index (χ1n) is 10.5. The van der Waals surface area contributed by atoms with E-state index in [-0.39, 0.29) is 0 Å². The largest absolute Gasteiger partial charge is 0.0622 e. The van der Waals surface area contributed by atoms with Crippen molar-refractivity contribution < 1.29 is 0 Å².